The van der Waals surface area contributed by atoms with Crippen molar-refractivity contribution < 1.29 is 24.0 Å². The van der Waals surface area contributed by atoms with Crippen LogP contribution >= 0.6 is 11.8 Å². The summed E-state index contributed by atoms with van der Waals surface area (Å²) in [7, 11) is 5.71. The first kappa shape index (κ1) is 37.8. The maximum atomic E-state index is 11.5. The third kappa shape index (κ3) is 15.3. The molecule has 11 nitrogen and oxygen atoms in total. The second kappa shape index (κ2) is 23.3. The number of nitrogens with one attached hydrogen (secondary N) is 6. The molecule has 240 valence electrons. The number of amides is 3. The normalized spacial score (nSPS) is 25.0. The molecular formula is C30H54N6O5S. The Bertz CT molecular complexity index is 762. The average Bonchev–Trinajstić information content (AvgIpc) is 3.00. The fraction of sp³-hybridized carbons (Fsp3) is 0.700. The minimum Gasteiger partial charge on any atom is -0.366 e. The molecule has 3 aliphatic rings. The van der Waals surface area contributed by atoms with Gasteiger partial charge < -0.3 is 31.3 Å². The van der Waals surface area contributed by atoms with Crippen LogP contribution < -0.4 is 32.1 Å². The van der Waals surface area contributed by atoms with Crippen LogP contribution in [0.1, 0.15) is 46.5 Å². The number of carbonyl (C=O) groups excluding carboxylic acids is 3. The number of hydrogen-bond acceptors (Lipinski definition) is 9. The Morgan fingerprint density at radius 2 is 1.36 bits per heavy atom. The number of morpholine rings is 1. The molecule has 12 heteroatoms. The van der Waals surface area contributed by atoms with Crippen molar-refractivity contribution in [1.29, 1.82) is 0 Å². The largest absolute Gasteiger partial charge is 0.366 e. The lowest BCUT2D eigenvalue weighted by molar-refractivity contribution is -0.145. The molecule has 0 saturated carbocycles. The summed E-state index contributed by atoms with van der Waals surface area (Å²) in [6.07, 6.45) is 15.1. The van der Waals surface area contributed by atoms with Crippen molar-refractivity contribution in [2.75, 3.05) is 53.2 Å². The summed E-state index contributed by atoms with van der Waals surface area (Å²) in [5.41, 5.74) is 2.41. The number of hydroxylamine groups is 1. The first-order valence-corrected chi connectivity index (χ1v) is 16.0. The summed E-state index contributed by atoms with van der Waals surface area (Å²) in [5.74, 6) is 1.29. The molecule has 0 spiro atoms. The number of thioether (sulfide) groups is 1. The van der Waals surface area contributed by atoms with Crippen molar-refractivity contribution in [3.63, 3.8) is 0 Å². The van der Waals surface area contributed by atoms with Crippen LogP contribution in [0.25, 0.3) is 0 Å². The van der Waals surface area contributed by atoms with Crippen LogP contribution in [-0.4, -0.2) is 100 Å². The monoisotopic (exact) mass is 610 g/mol. The molecule has 3 amide bonds. The summed E-state index contributed by atoms with van der Waals surface area (Å²) in [6.45, 7) is 8.61. The Kier molecular flexibility index (Phi) is 20.9. The highest BCUT2D eigenvalue weighted by Gasteiger charge is 2.26. The minimum atomic E-state index is -0.308. The number of likely N-dealkylation sites (N-methyl/N-ethyl adjacent to an activating group) is 3. The molecule has 3 aliphatic heterocycles. The van der Waals surface area contributed by atoms with E-state index in [2.05, 4.69) is 44.2 Å². The molecule has 3 heterocycles. The van der Waals surface area contributed by atoms with E-state index in [0.717, 1.165) is 31.6 Å². The zero-order valence-corrected chi connectivity index (χ0v) is 27.1. The van der Waals surface area contributed by atoms with E-state index in [1.54, 1.807) is 11.8 Å². The molecule has 0 aromatic carbocycles. The minimum absolute atomic E-state index is 0.000929. The second-order valence-corrected chi connectivity index (χ2v) is 11.4. The van der Waals surface area contributed by atoms with Crippen LogP contribution in [-0.2, 0) is 24.0 Å². The number of ether oxygens (including phenoxy) is 1. The summed E-state index contributed by atoms with van der Waals surface area (Å²) in [5, 5.41) is 15.3. The van der Waals surface area contributed by atoms with Gasteiger partial charge in [-0.25, -0.2) is 5.48 Å². The predicted octanol–water partition coefficient (Wildman–Crippen LogP) is 1.44. The average molecular weight is 611 g/mol. The molecule has 0 aliphatic carbocycles. The molecule has 0 aromatic rings. The first-order chi connectivity index (χ1) is 20.3. The number of carbonyl (C=O) groups is 3. The lowest BCUT2D eigenvalue weighted by Gasteiger charge is -2.25. The lowest BCUT2D eigenvalue weighted by Crippen LogP contribution is -2.46. The molecule has 3 rings (SSSR count). The summed E-state index contributed by atoms with van der Waals surface area (Å²) >= 11 is 1.75. The van der Waals surface area contributed by atoms with Gasteiger partial charge in [0, 0.05) is 49.3 Å². The topological polar surface area (TPSA) is 142 Å². The van der Waals surface area contributed by atoms with Crippen LogP contribution in [0.5, 0.6) is 0 Å². The smallest absolute Gasteiger partial charge is 0.249 e. The standard InChI is InChI=1S/2C10H18N2O2.C10H18N2OS/c1-3-4-9(11-2)7-8-5-6-14-12-10(8)13;2*1-3-4-8(11-2)7-9-10(13)12-5-6-14-9/h3*3-4,8-9,11H,5-7H2,1-2H3,(H,12,13)/b3*4-3+/t3*8-,9+/m011/s1. The van der Waals surface area contributed by atoms with E-state index in [9.17, 15) is 14.4 Å². The lowest BCUT2D eigenvalue weighted by atomic mass is 9.95. The maximum absolute atomic E-state index is 11.5. The van der Waals surface area contributed by atoms with Crippen molar-refractivity contribution in [3.05, 3.63) is 36.5 Å². The summed E-state index contributed by atoms with van der Waals surface area (Å²) < 4.78 is 5.38. The molecule has 0 aromatic heterocycles. The molecule has 0 radical (unpaired) electrons. The van der Waals surface area contributed by atoms with E-state index in [-0.39, 0.29) is 47.1 Å². The van der Waals surface area contributed by atoms with Gasteiger partial charge in [0.2, 0.25) is 17.7 Å². The Morgan fingerprint density at radius 3 is 1.88 bits per heavy atom. The highest BCUT2D eigenvalue weighted by Crippen LogP contribution is 2.20. The van der Waals surface area contributed by atoms with Gasteiger partial charge in [-0.15, -0.1) is 11.8 Å². The first-order valence-electron chi connectivity index (χ1n) is 14.9. The van der Waals surface area contributed by atoms with Crippen molar-refractivity contribution >= 4 is 29.5 Å². The summed E-state index contributed by atoms with van der Waals surface area (Å²) in [6, 6.07) is 0.782. The van der Waals surface area contributed by atoms with E-state index in [1.165, 1.54) is 0 Å². The van der Waals surface area contributed by atoms with Crippen molar-refractivity contribution in [1.82, 2.24) is 32.1 Å². The van der Waals surface area contributed by atoms with E-state index in [0.29, 0.717) is 32.2 Å². The number of rotatable bonds is 12. The zero-order valence-electron chi connectivity index (χ0n) is 26.2. The summed E-state index contributed by atoms with van der Waals surface area (Å²) in [4.78, 5) is 39.0. The molecule has 6 N–H and O–H groups in total. The van der Waals surface area contributed by atoms with Gasteiger partial charge in [0.05, 0.1) is 18.5 Å². The Morgan fingerprint density at radius 1 is 0.786 bits per heavy atom. The fourth-order valence-electron chi connectivity index (χ4n) is 4.59. The Balaban J connectivity index is 0.000000315. The van der Waals surface area contributed by atoms with Gasteiger partial charge in [-0.3, -0.25) is 19.2 Å². The molecule has 0 unspecified atom stereocenters. The highest BCUT2D eigenvalue weighted by atomic mass is 32.2. The van der Waals surface area contributed by atoms with Gasteiger partial charge in [0.25, 0.3) is 0 Å². The van der Waals surface area contributed by atoms with Crippen molar-refractivity contribution in [2.45, 2.75) is 75.9 Å². The van der Waals surface area contributed by atoms with E-state index in [4.69, 9.17) is 9.57 Å². The third-order valence-corrected chi connectivity index (χ3v) is 8.25. The molecule has 6 atom stereocenters. The van der Waals surface area contributed by atoms with Gasteiger partial charge in [-0.2, -0.15) is 0 Å². The van der Waals surface area contributed by atoms with E-state index < -0.39 is 0 Å². The third-order valence-electron chi connectivity index (χ3n) is 7.00. The number of hydrogen-bond donors (Lipinski definition) is 6. The SMILES string of the molecule is C/C=C/[C@H](C[C@@H]1CCONC1=O)NC.C/C=C/[C@H](C[C@@H]1OCCNC1=O)NC.C/C=C/[C@H](C[C@@H]1SCCNC1=O)NC. The molecule has 0 bridgehead atoms. The molecule has 42 heavy (non-hydrogen) atoms. The van der Waals surface area contributed by atoms with Gasteiger partial charge in [-0.05, 0) is 61.2 Å². The second-order valence-electron chi connectivity index (χ2n) is 10.1. The highest BCUT2D eigenvalue weighted by molar-refractivity contribution is 8.00. The molecule has 3 saturated heterocycles. The zero-order chi connectivity index (χ0) is 31.2. The van der Waals surface area contributed by atoms with E-state index in [1.807, 2.05) is 66.2 Å². The predicted molar refractivity (Wildman–Crippen MR) is 171 cm³/mol. The maximum Gasteiger partial charge on any atom is 0.249 e. The van der Waals surface area contributed by atoms with Crippen LogP contribution in [0.3, 0.4) is 0 Å². The van der Waals surface area contributed by atoms with Gasteiger partial charge in [-0.1, -0.05) is 36.5 Å². The molecular weight excluding hydrogens is 556 g/mol. The quantitative estimate of drug-likeness (QED) is 0.181. The van der Waals surface area contributed by atoms with Gasteiger partial charge in [0.1, 0.15) is 6.10 Å². The van der Waals surface area contributed by atoms with Crippen LogP contribution in [0, 0.1) is 5.92 Å². The van der Waals surface area contributed by atoms with Crippen molar-refractivity contribution in [2.24, 2.45) is 5.92 Å². The Hall–Kier alpha value is -2.22. The van der Waals surface area contributed by atoms with Crippen LogP contribution in [0.2, 0.25) is 0 Å². The van der Waals surface area contributed by atoms with Crippen LogP contribution in [0.4, 0.5) is 0 Å². The molecule has 3 fully saturated rings. The van der Waals surface area contributed by atoms with Crippen LogP contribution in [0.15, 0.2) is 36.5 Å². The van der Waals surface area contributed by atoms with Gasteiger partial charge in [0.15, 0.2) is 0 Å². The van der Waals surface area contributed by atoms with E-state index >= 15 is 0 Å². The fourth-order valence-corrected chi connectivity index (χ4v) is 5.67. The Labute approximate surface area is 256 Å². The number of allylic oxidation sites excluding steroid dienone is 3. The van der Waals surface area contributed by atoms with Gasteiger partial charge >= 0.3 is 0 Å². The van der Waals surface area contributed by atoms with Crippen molar-refractivity contribution in [3.8, 4) is 0 Å².